The average molecular weight is 553 g/mol. The second kappa shape index (κ2) is 9.41. The van der Waals surface area contributed by atoms with Gasteiger partial charge >= 0.3 is 6.18 Å². The topological polar surface area (TPSA) is 67.2 Å². The number of hydrogen-bond donors (Lipinski definition) is 1. The van der Waals surface area contributed by atoms with Crippen molar-refractivity contribution in [1.29, 1.82) is 0 Å². The summed E-state index contributed by atoms with van der Waals surface area (Å²) in [6, 6.07) is 13.5. The van der Waals surface area contributed by atoms with Crippen molar-refractivity contribution in [3.05, 3.63) is 71.1 Å². The van der Waals surface area contributed by atoms with E-state index in [1.165, 1.54) is 0 Å². The van der Waals surface area contributed by atoms with Crippen LogP contribution in [0.3, 0.4) is 0 Å². The predicted octanol–water partition coefficient (Wildman–Crippen LogP) is 5.40. The number of hydrogen-bond acceptors (Lipinski definition) is 3. The van der Waals surface area contributed by atoms with Crippen LogP contribution in [-0.2, 0) is 23.1 Å². The molecule has 0 unspecified atom stereocenters. The molecule has 0 amide bonds. The van der Waals surface area contributed by atoms with Crippen LogP contribution in [0.15, 0.2) is 55.0 Å². The van der Waals surface area contributed by atoms with Crippen LogP contribution < -0.4 is 4.72 Å². The molecule has 1 N–H and O–H groups in total. The molecule has 0 bridgehead atoms. The van der Waals surface area contributed by atoms with Crippen LogP contribution in [0.2, 0.25) is 5.02 Å². The third kappa shape index (κ3) is 5.04. The lowest BCUT2D eigenvalue weighted by Crippen LogP contribution is -2.55. The molecule has 2 aromatic carbocycles. The summed E-state index contributed by atoms with van der Waals surface area (Å²) in [4.78, 5) is 4.57. The molecular weight excluding hydrogens is 525 g/mol. The maximum absolute atomic E-state index is 13.2. The van der Waals surface area contributed by atoms with Crippen molar-refractivity contribution in [3.63, 3.8) is 0 Å². The molecule has 1 fully saturated rings. The molecule has 3 atom stereocenters. The Morgan fingerprint density at radius 2 is 1.86 bits per heavy atom. The monoisotopic (exact) mass is 552 g/mol. The Morgan fingerprint density at radius 3 is 2.54 bits per heavy atom. The quantitative estimate of drug-likeness (QED) is 0.471. The first-order valence-electron chi connectivity index (χ1n) is 12.2. The third-order valence-electron chi connectivity index (χ3n) is 7.76. The van der Waals surface area contributed by atoms with Gasteiger partial charge in [-0.1, -0.05) is 44.0 Å². The lowest BCUT2D eigenvalue weighted by Gasteiger charge is -2.39. The van der Waals surface area contributed by atoms with Crippen LogP contribution in [0.5, 0.6) is 0 Å². The zero-order chi connectivity index (χ0) is 26.6. The van der Waals surface area contributed by atoms with E-state index >= 15 is 0 Å². The average Bonchev–Trinajstić information content (AvgIpc) is 3.38. The minimum absolute atomic E-state index is 0.168. The van der Waals surface area contributed by atoms with Gasteiger partial charge in [-0.3, -0.25) is 0 Å². The fraction of sp³-hybridized carbons (Fsp3) is 0.423. The van der Waals surface area contributed by atoms with E-state index in [0.717, 1.165) is 28.1 Å². The van der Waals surface area contributed by atoms with E-state index < -0.39 is 28.5 Å². The zero-order valence-corrected chi connectivity index (χ0v) is 22.0. The summed E-state index contributed by atoms with van der Waals surface area (Å²) < 4.78 is 70.2. The summed E-state index contributed by atoms with van der Waals surface area (Å²) in [5, 5.41) is 0.651. The highest BCUT2D eigenvalue weighted by Crippen LogP contribution is 2.43. The Balaban J connectivity index is 1.45. The van der Waals surface area contributed by atoms with Crippen LogP contribution in [0.1, 0.15) is 31.4 Å². The molecule has 198 valence electrons. The van der Waals surface area contributed by atoms with E-state index in [4.69, 9.17) is 11.6 Å². The molecule has 1 spiro atoms. The Bertz CT molecular complexity index is 1410. The van der Waals surface area contributed by atoms with E-state index in [9.17, 15) is 21.6 Å². The van der Waals surface area contributed by atoms with Gasteiger partial charge in [0.25, 0.3) is 10.2 Å². The number of imidazole rings is 1. The number of benzene rings is 2. The largest absolute Gasteiger partial charge is 0.402 e. The van der Waals surface area contributed by atoms with Gasteiger partial charge in [0.1, 0.15) is 6.54 Å². The summed E-state index contributed by atoms with van der Waals surface area (Å²) in [5.41, 5.74) is 3.82. The minimum Gasteiger partial charge on any atom is -0.306 e. The predicted molar refractivity (Wildman–Crippen MR) is 137 cm³/mol. The van der Waals surface area contributed by atoms with Gasteiger partial charge in [0.15, 0.2) is 0 Å². The molecular formula is C26H28ClF3N4O2S. The smallest absolute Gasteiger partial charge is 0.306 e. The zero-order valence-electron chi connectivity index (χ0n) is 20.5. The second-order valence-corrected chi connectivity index (χ2v) is 12.2. The second-order valence-electron chi connectivity index (χ2n) is 10.1. The Labute approximate surface area is 219 Å². The van der Waals surface area contributed by atoms with Crippen molar-refractivity contribution in [1.82, 2.24) is 18.6 Å². The van der Waals surface area contributed by atoms with Gasteiger partial charge in [-0.25, -0.2) is 4.98 Å². The third-order valence-corrected chi connectivity index (χ3v) is 9.58. The molecule has 1 aromatic heterocycles. The van der Waals surface area contributed by atoms with E-state index in [1.54, 1.807) is 6.33 Å². The summed E-state index contributed by atoms with van der Waals surface area (Å²) in [7, 11) is -4.24. The van der Waals surface area contributed by atoms with Crippen molar-refractivity contribution in [2.24, 2.45) is 11.8 Å². The molecule has 2 heterocycles. The highest BCUT2D eigenvalue weighted by Gasteiger charge is 2.56. The molecule has 1 aliphatic heterocycles. The Hall–Kier alpha value is -2.40. The standard InChI is InChI=1S/C26H28ClF3N4O2S/c1-3-21-12-20-11-19(24-13-33(16-31-24)23-8-6-22(27)7-9-23)5-4-18(20)10-17(2)25(21)14-34(15-26(28,29)30)37(35,36)32-25/h4-9,11,13,16-17,21,32H,3,10,12,14-15H2,1-2H3/t17-,21+,25+/m0/s1. The first kappa shape index (κ1) is 26.2. The first-order valence-corrected chi connectivity index (χ1v) is 14.0. The van der Waals surface area contributed by atoms with E-state index in [-0.39, 0.29) is 18.4 Å². The van der Waals surface area contributed by atoms with Crippen molar-refractivity contribution in [2.45, 2.75) is 44.8 Å². The van der Waals surface area contributed by atoms with Gasteiger partial charge in [0.05, 0.1) is 17.6 Å². The molecule has 6 nitrogen and oxygen atoms in total. The number of alkyl halides is 3. The van der Waals surface area contributed by atoms with Gasteiger partial charge in [-0.05, 0) is 66.1 Å². The van der Waals surface area contributed by atoms with Gasteiger partial charge < -0.3 is 4.57 Å². The molecule has 1 saturated heterocycles. The Morgan fingerprint density at radius 1 is 1.14 bits per heavy atom. The number of nitrogens with one attached hydrogen (secondary N) is 1. The van der Waals surface area contributed by atoms with Crippen LogP contribution in [-0.4, -0.2) is 47.1 Å². The van der Waals surface area contributed by atoms with Crippen molar-refractivity contribution in [2.75, 3.05) is 13.1 Å². The summed E-state index contributed by atoms with van der Waals surface area (Å²) >= 11 is 6.00. The maximum atomic E-state index is 13.2. The minimum atomic E-state index is -4.61. The van der Waals surface area contributed by atoms with Crippen molar-refractivity contribution in [3.8, 4) is 16.9 Å². The molecule has 0 radical (unpaired) electrons. The maximum Gasteiger partial charge on any atom is 0.402 e. The molecule has 1 aliphatic carbocycles. The number of aromatic nitrogens is 2. The van der Waals surface area contributed by atoms with Gasteiger partial charge in [0.2, 0.25) is 0 Å². The number of rotatable bonds is 4. The molecule has 2 aliphatic rings. The lowest BCUT2D eigenvalue weighted by molar-refractivity contribution is -0.136. The first-order chi connectivity index (χ1) is 17.4. The highest BCUT2D eigenvalue weighted by atomic mass is 35.5. The molecule has 5 rings (SSSR count). The normalized spacial score (nSPS) is 25.8. The van der Waals surface area contributed by atoms with Crippen LogP contribution in [0.4, 0.5) is 13.2 Å². The number of halogens is 4. The molecule has 37 heavy (non-hydrogen) atoms. The van der Waals surface area contributed by atoms with Gasteiger partial charge in [-0.2, -0.15) is 30.6 Å². The SMILES string of the molecule is CC[C@@H]1Cc2cc(-c3cn(-c4ccc(Cl)cc4)cn3)ccc2C[C@H](C)[C@]12CN(CC(F)(F)F)S(=O)(=O)N2. The molecule has 0 saturated carbocycles. The van der Waals surface area contributed by atoms with Crippen molar-refractivity contribution >= 4 is 21.8 Å². The molecule has 11 heteroatoms. The summed E-state index contributed by atoms with van der Waals surface area (Å²) in [6.07, 6.45) is 0.810. The summed E-state index contributed by atoms with van der Waals surface area (Å²) in [5.74, 6) is -0.361. The van der Waals surface area contributed by atoms with Gasteiger partial charge in [-0.15, -0.1) is 0 Å². The highest BCUT2D eigenvalue weighted by molar-refractivity contribution is 7.87. The molecule has 3 aromatic rings. The summed E-state index contributed by atoms with van der Waals surface area (Å²) in [6.45, 7) is 2.21. The van der Waals surface area contributed by atoms with E-state index in [0.29, 0.717) is 28.6 Å². The van der Waals surface area contributed by atoms with Crippen LogP contribution in [0.25, 0.3) is 16.9 Å². The van der Waals surface area contributed by atoms with Crippen LogP contribution in [0, 0.1) is 11.8 Å². The fourth-order valence-electron chi connectivity index (χ4n) is 5.79. The van der Waals surface area contributed by atoms with E-state index in [1.807, 2.05) is 61.0 Å². The fourth-order valence-corrected chi connectivity index (χ4v) is 7.66. The lowest BCUT2D eigenvalue weighted by atomic mass is 9.72. The Kier molecular flexibility index (Phi) is 6.67. The number of fused-ring (bicyclic) bond motifs is 1. The van der Waals surface area contributed by atoms with E-state index in [2.05, 4.69) is 15.8 Å². The van der Waals surface area contributed by atoms with Crippen molar-refractivity contribution < 1.29 is 21.6 Å². The van der Waals surface area contributed by atoms with Crippen LogP contribution >= 0.6 is 11.6 Å². The number of nitrogens with zero attached hydrogens (tertiary/aromatic N) is 3. The van der Waals surface area contributed by atoms with Gasteiger partial charge in [0, 0.05) is 29.0 Å².